The Labute approximate surface area is 111 Å². The summed E-state index contributed by atoms with van der Waals surface area (Å²) in [5.74, 6) is 0. The number of amides is 2. The molecule has 0 aromatic rings. The molecule has 1 heterocycles. The van der Waals surface area contributed by atoms with Crippen molar-refractivity contribution in [2.24, 2.45) is 0 Å². The van der Waals surface area contributed by atoms with E-state index in [0.29, 0.717) is 31.2 Å². The van der Waals surface area contributed by atoms with Gasteiger partial charge in [-0.1, -0.05) is 0 Å². The summed E-state index contributed by atoms with van der Waals surface area (Å²) < 4.78 is 10.3. The summed E-state index contributed by atoms with van der Waals surface area (Å²) in [6.07, 6.45) is 2.71. The molecule has 7 nitrogen and oxygen atoms in total. The second-order valence-corrected chi connectivity index (χ2v) is 4.17. The third kappa shape index (κ3) is 4.36. The lowest BCUT2D eigenvalue weighted by molar-refractivity contribution is -0.133. The van der Waals surface area contributed by atoms with Crippen molar-refractivity contribution in [3.63, 3.8) is 0 Å². The van der Waals surface area contributed by atoms with Crippen molar-refractivity contribution in [3.05, 3.63) is 11.8 Å². The molecule has 2 unspecified atom stereocenters. The normalized spacial score (nSPS) is 22.7. The zero-order chi connectivity index (χ0) is 14.3. The molecule has 1 N–H and O–H groups in total. The van der Waals surface area contributed by atoms with Crippen molar-refractivity contribution in [1.29, 1.82) is 0 Å². The average Bonchev–Trinajstić information content (AvgIpc) is 2.89. The van der Waals surface area contributed by atoms with Gasteiger partial charge in [0.1, 0.15) is 19.1 Å². The zero-order valence-electron chi connectivity index (χ0n) is 11.0. The lowest BCUT2D eigenvalue weighted by Crippen LogP contribution is -2.42. The molecular weight excluding hydrogens is 252 g/mol. The summed E-state index contributed by atoms with van der Waals surface area (Å²) in [5, 5.41) is 2.49. The highest BCUT2D eigenvalue weighted by Crippen LogP contribution is 2.23. The van der Waals surface area contributed by atoms with Crippen LogP contribution in [0, 0.1) is 0 Å². The number of nitrogens with one attached hydrogen (secondary N) is 1. The number of aldehydes is 1. The molecule has 1 rings (SSSR count). The van der Waals surface area contributed by atoms with Crippen LogP contribution < -0.4 is 5.32 Å². The van der Waals surface area contributed by atoms with Crippen molar-refractivity contribution in [2.45, 2.75) is 32.1 Å². The smallest absolute Gasteiger partial charge is 0.323 e. The fourth-order valence-electron chi connectivity index (χ4n) is 1.81. The molecule has 0 bridgehead atoms. The SMILES string of the molecule is CNC(=O)N(/C=C(/C)C=O)C1CCC(COC=O)O1. The Balaban J connectivity index is 2.69. The molecule has 0 aromatic carbocycles. The Bertz CT molecular complexity index is 369. The minimum atomic E-state index is -0.463. The molecule has 0 spiro atoms. The zero-order valence-corrected chi connectivity index (χ0v) is 11.0. The summed E-state index contributed by atoms with van der Waals surface area (Å²) >= 11 is 0. The molecule has 106 valence electrons. The summed E-state index contributed by atoms with van der Waals surface area (Å²) in [7, 11) is 1.50. The first-order valence-corrected chi connectivity index (χ1v) is 5.96. The van der Waals surface area contributed by atoms with Gasteiger partial charge >= 0.3 is 6.03 Å². The number of carbonyl (C=O) groups is 3. The summed E-state index contributed by atoms with van der Waals surface area (Å²) in [5.41, 5.74) is 0.416. The number of hydrogen-bond donors (Lipinski definition) is 1. The Kier molecular flexibility index (Phi) is 6.01. The number of allylic oxidation sites excluding steroid dienone is 1. The standard InChI is InChI=1S/C12H18N2O5/c1-9(6-15)5-14(12(17)13-2)11-4-3-10(19-11)7-18-8-16/h5-6,8,10-11H,3-4,7H2,1-2H3,(H,13,17)/b9-5-. The predicted molar refractivity (Wildman–Crippen MR) is 66.0 cm³/mol. The highest BCUT2D eigenvalue weighted by Gasteiger charge is 2.32. The van der Waals surface area contributed by atoms with Crippen molar-refractivity contribution in [1.82, 2.24) is 10.2 Å². The first-order valence-electron chi connectivity index (χ1n) is 5.96. The van der Waals surface area contributed by atoms with Gasteiger partial charge in [0.2, 0.25) is 0 Å². The van der Waals surface area contributed by atoms with Crippen LogP contribution in [0.1, 0.15) is 19.8 Å². The number of ether oxygens (including phenoxy) is 2. The highest BCUT2D eigenvalue weighted by atomic mass is 16.6. The molecule has 0 aliphatic carbocycles. The fourth-order valence-corrected chi connectivity index (χ4v) is 1.81. The second-order valence-electron chi connectivity index (χ2n) is 4.17. The van der Waals surface area contributed by atoms with Crippen LogP contribution in [0.3, 0.4) is 0 Å². The molecule has 1 aliphatic heterocycles. The number of rotatable bonds is 6. The van der Waals surface area contributed by atoms with Gasteiger partial charge in [-0.15, -0.1) is 0 Å². The third-order valence-electron chi connectivity index (χ3n) is 2.72. The van der Waals surface area contributed by atoms with E-state index in [1.54, 1.807) is 6.92 Å². The quantitative estimate of drug-likeness (QED) is 0.558. The topological polar surface area (TPSA) is 84.9 Å². The van der Waals surface area contributed by atoms with E-state index in [1.165, 1.54) is 18.1 Å². The molecule has 0 aromatic heterocycles. The monoisotopic (exact) mass is 270 g/mol. The van der Waals surface area contributed by atoms with Gasteiger partial charge < -0.3 is 14.8 Å². The van der Waals surface area contributed by atoms with E-state index in [2.05, 4.69) is 10.1 Å². The van der Waals surface area contributed by atoms with Gasteiger partial charge in [0.15, 0.2) is 0 Å². The van der Waals surface area contributed by atoms with Crippen LogP contribution in [0.2, 0.25) is 0 Å². The lowest BCUT2D eigenvalue weighted by Gasteiger charge is -2.25. The van der Waals surface area contributed by atoms with E-state index < -0.39 is 6.23 Å². The molecular formula is C12H18N2O5. The Morgan fingerprint density at radius 2 is 2.21 bits per heavy atom. The number of nitrogens with zero attached hydrogens (tertiary/aromatic N) is 1. The Morgan fingerprint density at radius 1 is 1.47 bits per heavy atom. The van der Waals surface area contributed by atoms with Crippen LogP contribution in [0.4, 0.5) is 4.79 Å². The maximum absolute atomic E-state index is 11.8. The van der Waals surface area contributed by atoms with Crippen molar-refractivity contribution < 1.29 is 23.9 Å². The van der Waals surface area contributed by atoms with Crippen LogP contribution in [0.5, 0.6) is 0 Å². The van der Waals surface area contributed by atoms with E-state index in [-0.39, 0.29) is 18.7 Å². The Hall–Kier alpha value is -1.89. The van der Waals surface area contributed by atoms with Gasteiger partial charge in [-0.2, -0.15) is 0 Å². The molecule has 0 saturated carbocycles. The third-order valence-corrected chi connectivity index (χ3v) is 2.72. The van der Waals surface area contributed by atoms with Crippen LogP contribution in [0.25, 0.3) is 0 Å². The number of urea groups is 1. The van der Waals surface area contributed by atoms with Gasteiger partial charge in [0.05, 0.1) is 6.10 Å². The van der Waals surface area contributed by atoms with Gasteiger partial charge in [-0.05, 0) is 19.8 Å². The van der Waals surface area contributed by atoms with Gasteiger partial charge in [0.25, 0.3) is 6.47 Å². The molecule has 2 atom stereocenters. The largest absolute Gasteiger partial charge is 0.465 e. The van der Waals surface area contributed by atoms with E-state index in [9.17, 15) is 14.4 Å². The van der Waals surface area contributed by atoms with E-state index in [0.717, 1.165) is 0 Å². The molecule has 19 heavy (non-hydrogen) atoms. The van der Waals surface area contributed by atoms with Crippen molar-refractivity contribution in [3.8, 4) is 0 Å². The minimum absolute atomic E-state index is 0.165. The van der Waals surface area contributed by atoms with E-state index in [1.807, 2.05) is 0 Å². The lowest BCUT2D eigenvalue weighted by atomic mass is 10.2. The van der Waals surface area contributed by atoms with Crippen LogP contribution in [0.15, 0.2) is 11.8 Å². The summed E-state index contributed by atoms with van der Waals surface area (Å²) in [6.45, 7) is 2.13. The van der Waals surface area contributed by atoms with E-state index >= 15 is 0 Å². The molecule has 1 saturated heterocycles. The van der Waals surface area contributed by atoms with Crippen molar-refractivity contribution >= 4 is 18.8 Å². The summed E-state index contributed by atoms with van der Waals surface area (Å²) in [4.78, 5) is 33.9. The molecule has 1 fully saturated rings. The van der Waals surface area contributed by atoms with Gasteiger partial charge in [0, 0.05) is 18.8 Å². The highest BCUT2D eigenvalue weighted by molar-refractivity contribution is 5.78. The average molecular weight is 270 g/mol. The van der Waals surface area contributed by atoms with Gasteiger partial charge in [-0.3, -0.25) is 14.5 Å². The molecule has 0 radical (unpaired) electrons. The predicted octanol–water partition coefficient (Wildman–Crippen LogP) is 0.409. The van der Waals surface area contributed by atoms with Gasteiger partial charge in [-0.25, -0.2) is 4.79 Å². The molecule has 1 aliphatic rings. The van der Waals surface area contributed by atoms with Crippen molar-refractivity contribution in [2.75, 3.05) is 13.7 Å². The van der Waals surface area contributed by atoms with Crippen LogP contribution in [-0.2, 0) is 19.1 Å². The van der Waals surface area contributed by atoms with Crippen LogP contribution in [-0.4, -0.2) is 49.7 Å². The van der Waals surface area contributed by atoms with Crippen LogP contribution >= 0.6 is 0 Å². The minimum Gasteiger partial charge on any atom is -0.465 e. The molecule has 2 amide bonds. The number of hydrogen-bond acceptors (Lipinski definition) is 5. The Morgan fingerprint density at radius 3 is 2.79 bits per heavy atom. The molecule has 7 heteroatoms. The first-order chi connectivity index (χ1) is 9.12. The maximum atomic E-state index is 11.8. The number of carbonyl (C=O) groups excluding carboxylic acids is 3. The second kappa shape index (κ2) is 7.52. The fraction of sp³-hybridized carbons (Fsp3) is 0.583. The first kappa shape index (κ1) is 15.2. The van der Waals surface area contributed by atoms with E-state index in [4.69, 9.17) is 4.74 Å². The maximum Gasteiger partial charge on any atom is 0.323 e. The summed E-state index contributed by atoms with van der Waals surface area (Å²) in [6, 6.07) is -0.358.